The molecule has 0 radical (unpaired) electrons. The second-order valence-electron chi connectivity index (χ2n) is 4.70. The van der Waals surface area contributed by atoms with Gasteiger partial charge in [-0.05, 0) is 30.7 Å². The molecule has 1 aromatic heterocycles. The first kappa shape index (κ1) is 12.4. The van der Waals surface area contributed by atoms with Crippen LogP contribution in [0.2, 0.25) is 0 Å². The lowest BCUT2D eigenvalue weighted by molar-refractivity contribution is 0.952. The SMILES string of the molecule is Cc1ccccc1NCc1nc2ccccc2c(=O)[nH]1. The average Bonchev–Trinajstić information content (AvgIpc) is 2.46. The molecule has 0 aliphatic rings. The highest BCUT2D eigenvalue weighted by Crippen LogP contribution is 2.14. The van der Waals surface area contributed by atoms with E-state index >= 15 is 0 Å². The zero-order chi connectivity index (χ0) is 13.9. The predicted octanol–water partition coefficient (Wildman–Crippen LogP) is 2.84. The van der Waals surface area contributed by atoms with E-state index in [0.717, 1.165) is 16.8 Å². The monoisotopic (exact) mass is 265 g/mol. The number of aromatic amines is 1. The lowest BCUT2D eigenvalue weighted by Gasteiger charge is -2.09. The number of hydrogen-bond donors (Lipinski definition) is 2. The summed E-state index contributed by atoms with van der Waals surface area (Å²) in [6.07, 6.45) is 0. The van der Waals surface area contributed by atoms with Crippen LogP contribution in [-0.2, 0) is 6.54 Å². The number of benzene rings is 2. The Morgan fingerprint density at radius 3 is 2.70 bits per heavy atom. The molecule has 0 aliphatic carbocycles. The molecule has 3 aromatic rings. The quantitative estimate of drug-likeness (QED) is 0.765. The lowest BCUT2D eigenvalue weighted by Crippen LogP contribution is -2.14. The van der Waals surface area contributed by atoms with Gasteiger partial charge in [0.05, 0.1) is 17.4 Å². The summed E-state index contributed by atoms with van der Waals surface area (Å²) in [5.41, 5.74) is 2.83. The Morgan fingerprint density at radius 2 is 1.85 bits per heavy atom. The van der Waals surface area contributed by atoms with Crippen molar-refractivity contribution in [3.05, 3.63) is 70.3 Å². The minimum Gasteiger partial charge on any atom is -0.378 e. The van der Waals surface area contributed by atoms with Crippen LogP contribution in [0.5, 0.6) is 0 Å². The topological polar surface area (TPSA) is 57.8 Å². The molecule has 100 valence electrons. The summed E-state index contributed by atoms with van der Waals surface area (Å²) in [6, 6.07) is 15.4. The van der Waals surface area contributed by atoms with Crippen LogP contribution in [0.3, 0.4) is 0 Å². The number of aromatic nitrogens is 2. The summed E-state index contributed by atoms with van der Waals surface area (Å²) >= 11 is 0. The van der Waals surface area contributed by atoms with Crippen molar-refractivity contribution in [2.24, 2.45) is 0 Å². The van der Waals surface area contributed by atoms with Gasteiger partial charge in [-0.3, -0.25) is 4.79 Å². The highest BCUT2D eigenvalue weighted by atomic mass is 16.1. The van der Waals surface area contributed by atoms with E-state index in [2.05, 4.69) is 15.3 Å². The normalized spacial score (nSPS) is 10.7. The molecular formula is C16H15N3O. The van der Waals surface area contributed by atoms with Gasteiger partial charge in [-0.2, -0.15) is 0 Å². The fourth-order valence-corrected chi connectivity index (χ4v) is 2.17. The van der Waals surface area contributed by atoms with E-state index in [1.807, 2.05) is 49.4 Å². The van der Waals surface area contributed by atoms with E-state index in [0.29, 0.717) is 17.8 Å². The zero-order valence-corrected chi connectivity index (χ0v) is 11.2. The third kappa shape index (κ3) is 2.40. The van der Waals surface area contributed by atoms with Gasteiger partial charge in [-0.25, -0.2) is 4.98 Å². The van der Waals surface area contributed by atoms with E-state index in [1.54, 1.807) is 6.07 Å². The Hall–Kier alpha value is -2.62. The standard InChI is InChI=1S/C16H15N3O/c1-11-6-2-4-8-13(11)17-10-15-18-14-9-5-3-7-12(14)16(20)19-15/h2-9,17H,10H2,1H3,(H,18,19,20). The molecule has 0 saturated heterocycles. The Labute approximate surface area is 116 Å². The fraction of sp³-hybridized carbons (Fsp3) is 0.125. The van der Waals surface area contributed by atoms with Crippen LogP contribution in [0.4, 0.5) is 5.69 Å². The number of aryl methyl sites for hydroxylation is 1. The second kappa shape index (κ2) is 5.17. The largest absolute Gasteiger partial charge is 0.378 e. The molecule has 0 bridgehead atoms. The smallest absolute Gasteiger partial charge is 0.258 e. The number of rotatable bonds is 3. The van der Waals surface area contributed by atoms with Crippen LogP contribution in [0, 0.1) is 6.92 Å². The first-order valence-electron chi connectivity index (χ1n) is 6.51. The summed E-state index contributed by atoms with van der Waals surface area (Å²) in [6.45, 7) is 2.53. The predicted molar refractivity (Wildman–Crippen MR) is 80.9 cm³/mol. The zero-order valence-electron chi connectivity index (χ0n) is 11.2. The van der Waals surface area contributed by atoms with Gasteiger partial charge in [0.15, 0.2) is 0 Å². The van der Waals surface area contributed by atoms with Gasteiger partial charge in [-0.1, -0.05) is 30.3 Å². The molecule has 0 amide bonds. The van der Waals surface area contributed by atoms with Gasteiger partial charge < -0.3 is 10.3 Å². The number of para-hydroxylation sites is 2. The van der Waals surface area contributed by atoms with Crippen LogP contribution >= 0.6 is 0 Å². The molecule has 0 aliphatic heterocycles. The Kier molecular flexibility index (Phi) is 3.21. The van der Waals surface area contributed by atoms with E-state index in [4.69, 9.17) is 0 Å². The number of anilines is 1. The van der Waals surface area contributed by atoms with Crippen molar-refractivity contribution < 1.29 is 0 Å². The number of nitrogens with one attached hydrogen (secondary N) is 2. The highest BCUT2D eigenvalue weighted by Gasteiger charge is 2.03. The summed E-state index contributed by atoms with van der Waals surface area (Å²) in [4.78, 5) is 19.2. The van der Waals surface area contributed by atoms with E-state index in [1.165, 1.54) is 0 Å². The molecule has 1 heterocycles. The van der Waals surface area contributed by atoms with E-state index in [-0.39, 0.29) is 5.56 Å². The Morgan fingerprint density at radius 1 is 1.10 bits per heavy atom. The highest BCUT2D eigenvalue weighted by molar-refractivity contribution is 5.77. The molecule has 20 heavy (non-hydrogen) atoms. The molecule has 0 fully saturated rings. The molecular weight excluding hydrogens is 250 g/mol. The van der Waals surface area contributed by atoms with Gasteiger partial charge in [0.25, 0.3) is 5.56 Å². The molecule has 0 spiro atoms. The number of H-pyrrole nitrogens is 1. The summed E-state index contributed by atoms with van der Waals surface area (Å²) in [7, 11) is 0. The molecule has 0 atom stereocenters. The molecule has 2 N–H and O–H groups in total. The average molecular weight is 265 g/mol. The summed E-state index contributed by atoms with van der Waals surface area (Å²) in [5, 5.41) is 3.91. The van der Waals surface area contributed by atoms with Gasteiger partial charge in [0, 0.05) is 5.69 Å². The van der Waals surface area contributed by atoms with Crippen LogP contribution < -0.4 is 10.9 Å². The minimum atomic E-state index is -0.0998. The first-order chi connectivity index (χ1) is 9.74. The fourth-order valence-electron chi connectivity index (χ4n) is 2.17. The Bertz CT molecular complexity index is 808. The summed E-state index contributed by atoms with van der Waals surface area (Å²) in [5.74, 6) is 0.636. The molecule has 4 heteroatoms. The summed E-state index contributed by atoms with van der Waals surface area (Å²) < 4.78 is 0. The third-order valence-electron chi connectivity index (χ3n) is 3.25. The van der Waals surface area contributed by atoms with E-state index < -0.39 is 0 Å². The van der Waals surface area contributed by atoms with E-state index in [9.17, 15) is 4.79 Å². The second-order valence-corrected chi connectivity index (χ2v) is 4.70. The van der Waals surface area contributed by atoms with Crippen molar-refractivity contribution in [3.63, 3.8) is 0 Å². The van der Waals surface area contributed by atoms with Gasteiger partial charge >= 0.3 is 0 Å². The van der Waals surface area contributed by atoms with Crippen LogP contribution in [0.1, 0.15) is 11.4 Å². The molecule has 2 aromatic carbocycles. The van der Waals surface area contributed by atoms with Crippen molar-refractivity contribution >= 4 is 16.6 Å². The molecule has 0 unspecified atom stereocenters. The number of hydrogen-bond acceptors (Lipinski definition) is 3. The maximum absolute atomic E-state index is 12.0. The molecule has 3 rings (SSSR count). The molecule has 0 saturated carbocycles. The first-order valence-corrected chi connectivity index (χ1v) is 6.51. The third-order valence-corrected chi connectivity index (χ3v) is 3.25. The van der Waals surface area contributed by atoms with Crippen molar-refractivity contribution in [3.8, 4) is 0 Å². The Balaban J connectivity index is 1.88. The van der Waals surface area contributed by atoms with Crippen molar-refractivity contribution in [2.75, 3.05) is 5.32 Å². The van der Waals surface area contributed by atoms with Gasteiger partial charge in [0.2, 0.25) is 0 Å². The van der Waals surface area contributed by atoms with Crippen molar-refractivity contribution in [2.45, 2.75) is 13.5 Å². The number of fused-ring (bicyclic) bond motifs is 1. The maximum Gasteiger partial charge on any atom is 0.258 e. The number of nitrogens with zero attached hydrogens (tertiary/aromatic N) is 1. The minimum absolute atomic E-state index is 0.0998. The van der Waals surface area contributed by atoms with Gasteiger partial charge in [-0.15, -0.1) is 0 Å². The van der Waals surface area contributed by atoms with Crippen molar-refractivity contribution in [1.82, 2.24) is 9.97 Å². The van der Waals surface area contributed by atoms with Crippen LogP contribution in [0.15, 0.2) is 53.3 Å². The van der Waals surface area contributed by atoms with Crippen LogP contribution in [-0.4, -0.2) is 9.97 Å². The molecule has 4 nitrogen and oxygen atoms in total. The lowest BCUT2D eigenvalue weighted by atomic mass is 10.2. The van der Waals surface area contributed by atoms with Crippen LogP contribution in [0.25, 0.3) is 10.9 Å². The maximum atomic E-state index is 12.0. The van der Waals surface area contributed by atoms with Gasteiger partial charge in [0.1, 0.15) is 5.82 Å². The van der Waals surface area contributed by atoms with Crippen molar-refractivity contribution in [1.29, 1.82) is 0 Å².